The first-order valence-corrected chi connectivity index (χ1v) is 6.50. The lowest BCUT2D eigenvalue weighted by Crippen LogP contribution is -2.45. The fraction of sp³-hybridized carbons (Fsp3) is 0.200. The van der Waals surface area contributed by atoms with Gasteiger partial charge in [-0.3, -0.25) is 9.10 Å². The monoisotopic (exact) mass is 269 g/mol. The van der Waals surface area contributed by atoms with Gasteiger partial charge in [0.2, 0.25) is 0 Å². The molecule has 0 bridgehead atoms. The van der Waals surface area contributed by atoms with Crippen LogP contribution in [-0.4, -0.2) is 42.7 Å². The van der Waals surface area contributed by atoms with E-state index in [0.717, 1.165) is 10.6 Å². The molecule has 0 spiro atoms. The molecular weight excluding hydrogens is 258 g/mol. The number of para-hydroxylation sites is 1. The Bertz CT molecular complexity index is 611. The summed E-state index contributed by atoms with van der Waals surface area (Å²) in [6.45, 7) is -0.352. The molecule has 0 aromatic heterocycles. The lowest BCUT2D eigenvalue weighted by Gasteiger charge is -2.25. The van der Waals surface area contributed by atoms with Crippen molar-refractivity contribution in [1.29, 1.82) is 0 Å². The Labute approximate surface area is 104 Å². The van der Waals surface area contributed by atoms with Crippen molar-refractivity contribution in [2.45, 2.75) is 10.9 Å². The molecule has 0 fully saturated rings. The third-order valence-electron chi connectivity index (χ3n) is 2.47. The van der Waals surface area contributed by atoms with E-state index in [1.54, 1.807) is 18.2 Å². The zero-order valence-electron chi connectivity index (χ0n) is 9.22. The number of benzene rings is 1. The molecule has 96 valence electrons. The van der Waals surface area contributed by atoms with Gasteiger partial charge < -0.3 is 10.8 Å². The predicted octanol–water partition coefficient (Wildman–Crippen LogP) is -0.237. The number of nitrogens with zero attached hydrogens (tertiary/aromatic N) is 2. The van der Waals surface area contributed by atoms with E-state index in [4.69, 9.17) is 10.8 Å². The molecule has 0 saturated carbocycles. The van der Waals surface area contributed by atoms with Gasteiger partial charge >= 0.3 is 5.97 Å². The number of rotatable bonds is 3. The maximum absolute atomic E-state index is 12.1. The maximum atomic E-state index is 12.1. The van der Waals surface area contributed by atoms with Crippen molar-refractivity contribution < 1.29 is 18.3 Å². The van der Waals surface area contributed by atoms with Crippen molar-refractivity contribution in [2.75, 3.05) is 6.54 Å². The summed E-state index contributed by atoms with van der Waals surface area (Å²) in [4.78, 5) is 14.6. The first-order chi connectivity index (χ1) is 8.43. The second-order valence-electron chi connectivity index (χ2n) is 3.73. The Balaban J connectivity index is 2.36. The highest BCUT2D eigenvalue weighted by atomic mass is 32.2. The standard InChI is InChI=1S/C10H11N3O4S/c11-7(10(14)15)5-13-6-12-8-3-1-2-4-9(8)18(13,16)17/h1-4,6-7H,5,11H2,(H,14,15). The highest BCUT2D eigenvalue weighted by Crippen LogP contribution is 2.29. The smallest absolute Gasteiger partial charge is 0.322 e. The van der Waals surface area contributed by atoms with Gasteiger partial charge in [-0.25, -0.2) is 13.4 Å². The minimum absolute atomic E-state index is 0.0464. The fourth-order valence-corrected chi connectivity index (χ4v) is 2.93. The van der Waals surface area contributed by atoms with Crippen LogP contribution in [0.25, 0.3) is 0 Å². The molecule has 2 rings (SSSR count). The largest absolute Gasteiger partial charge is 0.480 e. The Morgan fingerprint density at radius 3 is 2.78 bits per heavy atom. The number of sulfonamides is 1. The van der Waals surface area contributed by atoms with Crippen molar-refractivity contribution in [1.82, 2.24) is 4.31 Å². The zero-order chi connectivity index (χ0) is 13.3. The van der Waals surface area contributed by atoms with Crippen LogP contribution in [0.1, 0.15) is 0 Å². The van der Waals surface area contributed by atoms with Gasteiger partial charge in [-0.15, -0.1) is 0 Å². The second-order valence-corrected chi connectivity index (χ2v) is 5.59. The summed E-state index contributed by atoms with van der Waals surface area (Å²) >= 11 is 0. The highest BCUT2D eigenvalue weighted by Gasteiger charge is 2.30. The Kier molecular flexibility index (Phi) is 3.05. The molecule has 0 radical (unpaired) electrons. The lowest BCUT2D eigenvalue weighted by atomic mass is 10.3. The molecule has 1 aromatic rings. The normalized spacial score (nSPS) is 18.2. The molecule has 1 atom stereocenters. The SMILES string of the molecule is NC(CN1C=Nc2ccccc2S1(=O)=O)C(=O)O. The van der Waals surface area contributed by atoms with Crippen LogP contribution in [-0.2, 0) is 14.8 Å². The van der Waals surface area contributed by atoms with E-state index in [1.165, 1.54) is 6.07 Å². The second kappa shape index (κ2) is 4.39. The molecular formula is C10H11N3O4S. The number of carboxylic acids is 1. The first-order valence-electron chi connectivity index (χ1n) is 5.06. The summed E-state index contributed by atoms with van der Waals surface area (Å²) in [6, 6.07) is 4.94. The number of fused-ring (bicyclic) bond motifs is 1. The van der Waals surface area contributed by atoms with E-state index in [2.05, 4.69) is 4.99 Å². The molecule has 0 saturated heterocycles. The Morgan fingerprint density at radius 1 is 1.44 bits per heavy atom. The molecule has 3 N–H and O–H groups in total. The van der Waals surface area contributed by atoms with E-state index < -0.39 is 22.0 Å². The van der Waals surface area contributed by atoms with Crippen LogP contribution >= 0.6 is 0 Å². The van der Waals surface area contributed by atoms with E-state index in [0.29, 0.717) is 5.69 Å². The van der Waals surface area contributed by atoms with Gasteiger partial charge in [0.25, 0.3) is 10.0 Å². The minimum Gasteiger partial charge on any atom is -0.480 e. The van der Waals surface area contributed by atoms with Crippen molar-refractivity contribution in [3.05, 3.63) is 24.3 Å². The zero-order valence-corrected chi connectivity index (χ0v) is 10.0. The fourth-order valence-electron chi connectivity index (χ4n) is 1.51. The quantitative estimate of drug-likeness (QED) is 0.786. The van der Waals surface area contributed by atoms with Gasteiger partial charge in [0.1, 0.15) is 17.3 Å². The van der Waals surface area contributed by atoms with E-state index in [9.17, 15) is 13.2 Å². The van der Waals surface area contributed by atoms with Gasteiger partial charge in [-0.1, -0.05) is 12.1 Å². The van der Waals surface area contributed by atoms with Crippen molar-refractivity contribution in [3.8, 4) is 0 Å². The third-order valence-corrected chi connectivity index (χ3v) is 4.23. The number of nitrogens with two attached hydrogens (primary N) is 1. The summed E-state index contributed by atoms with van der Waals surface area (Å²) in [5.74, 6) is -1.27. The third kappa shape index (κ3) is 2.07. The number of aliphatic imine (C=N–C) groups is 1. The number of carbonyl (C=O) groups is 1. The summed E-state index contributed by atoms with van der Waals surface area (Å²) in [5.41, 5.74) is 5.65. The summed E-state index contributed by atoms with van der Waals surface area (Å²) in [7, 11) is -3.77. The number of aliphatic carboxylic acids is 1. The maximum Gasteiger partial charge on any atom is 0.322 e. The molecule has 8 heteroatoms. The van der Waals surface area contributed by atoms with Gasteiger partial charge in [-0.2, -0.15) is 0 Å². The van der Waals surface area contributed by atoms with Crippen LogP contribution in [0.4, 0.5) is 5.69 Å². The molecule has 7 nitrogen and oxygen atoms in total. The average molecular weight is 269 g/mol. The molecule has 18 heavy (non-hydrogen) atoms. The number of hydrogen-bond donors (Lipinski definition) is 2. The average Bonchev–Trinajstić information content (AvgIpc) is 2.33. The lowest BCUT2D eigenvalue weighted by molar-refractivity contribution is -0.138. The van der Waals surface area contributed by atoms with Crippen LogP contribution < -0.4 is 5.73 Å². The topological polar surface area (TPSA) is 113 Å². The summed E-state index contributed by atoms with van der Waals surface area (Å²) in [6.07, 6.45) is 1.08. The van der Waals surface area contributed by atoms with Crippen LogP contribution in [0.5, 0.6) is 0 Å². The van der Waals surface area contributed by atoms with Crippen LogP contribution in [0.2, 0.25) is 0 Å². The molecule has 1 aromatic carbocycles. The minimum atomic E-state index is -3.77. The van der Waals surface area contributed by atoms with Crippen molar-refractivity contribution >= 4 is 28.0 Å². The molecule has 1 heterocycles. The molecule has 1 aliphatic rings. The molecule has 0 amide bonds. The van der Waals surface area contributed by atoms with Gasteiger partial charge in [-0.05, 0) is 12.1 Å². The summed E-state index contributed by atoms with van der Waals surface area (Å²) < 4.78 is 25.1. The van der Waals surface area contributed by atoms with Crippen LogP contribution in [0.15, 0.2) is 34.2 Å². The van der Waals surface area contributed by atoms with Gasteiger partial charge in [0.15, 0.2) is 0 Å². The van der Waals surface area contributed by atoms with E-state index >= 15 is 0 Å². The Morgan fingerprint density at radius 2 is 2.11 bits per heavy atom. The van der Waals surface area contributed by atoms with Crippen LogP contribution in [0, 0.1) is 0 Å². The van der Waals surface area contributed by atoms with E-state index in [-0.39, 0.29) is 11.4 Å². The number of hydrogen-bond acceptors (Lipinski definition) is 5. The highest BCUT2D eigenvalue weighted by molar-refractivity contribution is 7.89. The van der Waals surface area contributed by atoms with Crippen LogP contribution in [0.3, 0.4) is 0 Å². The molecule has 1 unspecified atom stereocenters. The van der Waals surface area contributed by atoms with Gasteiger partial charge in [0.05, 0.1) is 12.2 Å². The predicted molar refractivity (Wildman–Crippen MR) is 64.1 cm³/mol. The molecule has 0 aliphatic carbocycles. The van der Waals surface area contributed by atoms with E-state index in [1.807, 2.05) is 0 Å². The van der Waals surface area contributed by atoms with Crippen molar-refractivity contribution in [2.24, 2.45) is 10.7 Å². The van der Waals surface area contributed by atoms with Crippen molar-refractivity contribution in [3.63, 3.8) is 0 Å². The molecule has 1 aliphatic heterocycles. The van der Waals surface area contributed by atoms with Gasteiger partial charge in [0, 0.05) is 0 Å². The Hall–Kier alpha value is -1.93. The number of carboxylic acid groups (broad SMARTS) is 1. The summed E-state index contributed by atoms with van der Waals surface area (Å²) in [5, 5.41) is 8.69. The first kappa shape index (κ1) is 12.5.